The maximum Gasteiger partial charge on any atom is 0.326 e. The number of carbonyl (C=O) groups excluding carboxylic acids is 1. The molecule has 0 aliphatic rings. The fourth-order valence-corrected chi connectivity index (χ4v) is 2.65. The molecule has 5 heteroatoms. The first-order chi connectivity index (χ1) is 11.7. The largest absolute Gasteiger partial charge is 0.465 e. The number of carbonyl (C=O) groups is 1. The average molecular weight is 321 g/mol. The number of nitrogens with two attached hydrogens (primary N) is 1. The zero-order valence-electron chi connectivity index (χ0n) is 13.5. The number of benzene rings is 2. The van der Waals surface area contributed by atoms with E-state index in [1.165, 1.54) is 0 Å². The van der Waals surface area contributed by atoms with Crippen molar-refractivity contribution in [3.8, 4) is 22.5 Å². The Morgan fingerprint density at radius 3 is 2.21 bits per heavy atom. The second-order valence-corrected chi connectivity index (χ2v) is 5.29. The van der Waals surface area contributed by atoms with E-state index >= 15 is 0 Å². The molecule has 0 unspecified atom stereocenters. The fraction of sp³-hybridized carbons (Fsp3) is 0.158. The van der Waals surface area contributed by atoms with Gasteiger partial charge in [0.25, 0.3) is 0 Å². The van der Waals surface area contributed by atoms with E-state index in [1.54, 1.807) is 11.5 Å². The molecule has 2 aromatic carbocycles. The van der Waals surface area contributed by atoms with E-state index < -0.39 is 0 Å². The van der Waals surface area contributed by atoms with Crippen LogP contribution in [0, 0.1) is 0 Å². The molecule has 3 rings (SSSR count). The molecular weight excluding hydrogens is 302 g/mol. The Balaban J connectivity index is 2.15. The van der Waals surface area contributed by atoms with Gasteiger partial charge in [-0.15, -0.1) is 0 Å². The lowest BCUT2D eigenvalue weighted by Crippen LogP contribution is -2.16. The van der Waals surface area contributed by atoms with Crippen LogP contribution in [-0.2, 0) is 16.1 Å². The van der Waals surface area contributed by atoms with Gasteiger partial charge in [0.1, 0.15) is 6.54 Å². The first kappa shape index (κ1) is 15.8. The smallest absolute Gasteiger partial charge is 0.326 e. The van der Waals surface area contributed by atoms with E-state index in [1.807, 2.05) is 60.7 Å². The number of hydrogen-bond acceptors (Lipinski definition) is 4. The number of rotatable bonds is 5. The zero-order valence-corrected chi connectivity index (χ0v) is 13.5. The summed E-state index contributed by atoms with van der Waals surface area (Å²) in [6, 6.07) is 19.6. The SMILES string of the molecule is CCOC(=O)Cn1c(N)nc(-c2ccccc2)c1-c1ccccc1. The Kier molecular flexibility index (Phi) is 4.61. The Bertz CT molecular complexity index is 827. The summed E-state index contributed by atoms with van der Waals surface area (Å²) in [5.41, 5.74) is 9.57. The van der Waals surface area contributed by atoms with Gasteiger partial charge in [0.05, 0.1) is 18.0 Å². The van der Waals surface area contributed by atoms with Crippen LogP contribution < -0.4 is 5.73 Å². The molecule has 0 radical (unpaired) electrons. The van der Waals surface area contributed by atoms with Crippen molar-refractivity contribution in [2.24, 2.45) is 0 Å². The predicted octanol–water partition coefficient (Wildman–Crippen LogP) is 3.36. The van der Waals surface area contributed by atoms with Crippen molar-refractivity contribution in [3.63, 3.8) is 0 Å². The van der Waals surface area contributed by atoms with E-state index in [0.29, 0.717) is 12.6 Å². The summed E-state index contributed by atoms with van der Waals surface area (Å²) in [4.78, 5) is 16.5. The molecule has 2 N–H and O–H groups in total. The number of nitrogens with zero attached hydrogens (tertiary/aromatic N) is 2. The molecule has 0 fully saturated rings. The minimum atomic E-state index is -0.335. The van der Waals surface area contributed by atoms with Gasteiger partial charge < -0.3 is 10.5 Å². The molecule has 0 atom stereocenters. The summed E-state index contributed by atoms with van der Waals surface area (Å²) >= 11 is 0. The fourth-order valence-electron chi connectivity index (χ4n) is 2.65. The zero-order chi connectivity index (χ0) is 16.9. The highest BCUT2D eigenvalue weighted by Gasteiger charge is 2.20. The lowest BCUT2D eigenvalue weighted by atomic mass is 10.0. The van der Waals surface area contributed by atoms with Crippen LogP contribution >= 0.6 is 0 Å². The van der Waals surface area contributed by atoms with Gasteiger partial charge in [-0.1, -0.05) is 60.7 Å². The third kappa shape index (κ3) is 3.15. The normalized spacial score (nSPS) is 10.5. The molecule has 0 aliphatic heterocycles. The van der Waals surface area contributed by atoms with Crippen molar-refractivity contribution in [2.75, 3.05) is 12.3 Å². The number of nitrogen functional groups attached to an aromatic ring is 1. The summed E-state index contributed by atoms with van der Waals surface area (Å²) in [5.74, 6) is -0.0425. The van der Waals surface area contributed by atoms with E-state index in [4.69, 9.17) is 10.5 Å². The van der Waals surface area contributed by atoms with Crippen molar-refractivity contribution in [1.82, 2.24) is 9.55 Å². The second kappa shape index (κ2) is 7.00. The second-order valence-electron chi connectivity index (χ2n) is 5.29. The molecule has 5 nitrogen and oxygen atoms in total. The highest BCUT2D eigenvalue weighted by molar-refractivity contribution is 5.82. The molecule has 122 valence electrons. The predicted molar refractivity (Wildman–Crippen MR) is 94.1 cm³/mol. The lowest BCUT2D eigenvalue weighted by Gasteiger charge is -2.11. The molecule has 0 saturated carbocycles. The van der Waals surface area contributed by atoms with Gasteiger partial charge >= 0.3 is 5.97 Å². The maximum absolute atomic E-state index is 12.0. The number of imidazole rings is 1. The van der Waals surface area contributed by atoms with E-state index in [-0.39, 0.29) is 12.5 Å². The Morgan fingerprint density at radius 2 is 1.62 bits per heavy atom. The van der Waals surface area contributed by atoms with Crippen LogP contribution in [-0.4, -0.2) is 22.1 Å². The summed E-state index contributed by atoms with van der Waals surface area (Å²) in [7, 11) is 0. The number of esters is 1. The summed E-state index contributed by atoms with van der Waals surface area (Å²) in [5, 5.41) is 0. The van der Waals surface area contributed by atoms with E-state index in [0.717, 1.165) is 22.5 Å². The molecule has 0 saturated heterocycles. The van der Waals surface area contributed by atoms with Crippen LogP contribution in [0.2, 0.25) is 0 Å². The maximum atomic E-state index is 12.0. The van der Waals surface area contributed by atoms with Gasteiger partial charge in [0, 0.05) is 11.1 Å². The minimum absolute atomic E-state index is 0.0315. The van der Waals surface area contributed by atoms with Gasteiger partial charge in [0.15, 0.2) is 0 Å². The third-order valence-electron chi connectivity index (χ3n) is 3.68. The summed E-state index contributed by atoms with van der Waals surface area (Å²) in [6.45, 7) is 2.14. The van der Waals surface area contributed by atoms with Crippen LogP contribution in [0.1, 0.15) is 6.92 Å². The Morgan fingerprint density at radius 1 is 1.04 bits per heavy atom. The van der Waals surface area contributed by atoms with Crippen molar-refractivity contribution in [1.29, 1.82) is 0 Å². The van der Waals surface area contributed by atoms with Crippen LogP contribution in [0.4, 0.5) is 5.95 Å². The van der Waals surface area contributed by atoms with Gasteiger partial charge in [-0.2, -0.15) is 0 Å². The number of anilines is 1. The van der Waals surface area contributed by atoms with Crippen molar-refractivity contribution >= 4 is 11.9 Å². The standard InChI is InChI=1S/C19H19N3O2/c1-2-24-16(23)13-22-18(15-11-7-4-8-12-15)17(21-19(22)20)14-9-5-3-6-10-14/h3-12H,2,13H2,1H3,(H2,20,21). The highest BCUT2D eigenvalue weighted by atomic mass is 16.5. The summed E-state index contributed by atoms with van der Waals surface area (Å²) in [6.07, 6.45) is 0. The third-order valence-corrected chi connectivity index (χ3v) is 3.68. The Hall–Kier alpha value is -3.08. The van der Waals surface area contributed by atoms with Crippen molar-refractivity contribution in [2.45, 2.75) is 13.5 Å². The Labute approximate surface area is 140 Å². The van der Waals surface area contributed by atoms with E-state index in [2.05, 4.69) is 4.98 Å². The molecule has 1 aromatic heterocycles. The first-order valence-corrected chi connectivity index (χ1v) is 7.83. The van der Waals surface area contributed by atoms with Crippen LogP contribution in [0.15, 0.2) is 60.7 Å². The molecule has 0 bridgehead atoms. The van der Waals surface area contributed by atoms with Gasteiger partial charge in [0.2, 0.25) is 5.95 Å². The van der Waals surface area contributed by atoms with Gasteiger partial charge in [-0.05, 0) is 6.92 Å². The highest BCUT2D eigenvalue weighted by Crippen LogP contribution is 2.33. The van der Waals surface area contributed by atoms with Crippen molar-refractivity contribution < 1.29 is 9.53 Å². The van der Waals surface area contributed by atoms with Crippen LogP contribution in [0.3, 0.4) is 0 Å². The monoisotopic (exact) mass is 321 g/mol. The van der Waals surface area contributed by atoms with E-state index in [9.17, 15) is 4.79 Å². The molecule has 3 aromatic rings. The lowest BCUT2D eigenvalue weighted by molar-refractivity contribution is -0.143. The molecular formula is C19H19N3O2. The molecule has 0 spiro atoms. The quantitative estimate of drug-likeness (QED) is 0.732. The first-order valence-electron chi connectivity index (χ1n) is 7.83. The molecule has 1 heterocycles. The number of aromatic nitrogens is 2. The van der Waals surface area contributed by atoms with Gasteiger partial charge in [-0.3, -0.25) is 9.36 Å². The van der Waals surface area contributed by atoms with Crippen LogP contribution in [0.5, 0.6) is 0 Å². The topological polar surface area (TPSA) is 70.1 Å². The minimum Gasteiger partial charge on any atom is -0.465 e. The number of hydrogen-bond donors (Lipinski definition) is 1. The molecule has 0 amide bonds. The summed E-state index contributed by atoms with van der Waals surface area (Å²) < 4.78 is 6.77. The van der Waals surface area contributed by atoms with Crippen molar-refractivity contribution in [3.05, 3.63) is 60.7 Å². The molecule has 0 aliphatic carbocycles. The average Bonchev–Trinajstić information content (AvgIpc) is 2.93. The molecule has 24 heavy (non-hydrogen) atoms. The van der Waals surface area contributed by atoms with Crippen LogP contribution in [0.25, 0.3) is 22.5 Å². The number of ether oxygens (including phenoxy) is 1. The van der Waals surface area contributed by atoms with Gasteiger partial charge in [-0.25, -0.2) is 4.98 Å².